The smallest absolute Gasteiger partial charge is 0.270 e. The Morgan fingerprint density at radius 2 is 1.95 bits per heavy atom. The molecule has 1 N–H and O–H groups in total. The van der Waals surface area contributed by atoms with Crippen molar-refractivity contribution in [3.63, 3.8) is 0 Å². The van der Waals surface area contributed by atoms with Gasteiger partial charge >= 0.3 is 0 Å². The van der Waals surface area contributed by atoms with E-state index in [1.54, 1.807) is 55.2 Å². The number of carbonyl (C=O) groups is 1. The summed E-state index contributed by atoms with van der Waals surface area (Å²) in [5, 5.41) is 2.77. The quantitative estimate of drug-likeness (QED) is 0.791. The van der Waals surface area contributed by atoms with Crippen molar-refractivity contribution in [3.8, 4) is 11.5 Å². The summed E-state index contributed by atoms with van der Waals surface area (Å²) in [7, 11) is 0. The van der Waals surface area contributed by atoms with Gasteiger partial charge in [-0.1, -0.05) is 6.07 Å². The van der Waals surface area contributed by atoms with Crippen molar-refractivity contribution in [3.05, 3.63) is 66.6 Å². The largest absolute Gasteiger partial charge is 0.463 e. The Morgan fingerprint density at radius 3 is 2.71 bits per heavy atom. The van der Waals surface area contributed by atoms with Gasteiger partial charge in [0, 0.05) is 18.6 Å². The molecule has 6 nitrogen and oxygen atoms in total. The molecule has 0 aromatic carbocycles. The average molecular weight is 280 g/mol. The molecule has 3 aromatic heterocycles. The molecular weight excluding hydrogens is 268 g/mol. The summed E-state index contributed by atoms with van der Waals surface area (Å²) in [6, 6.07) is 8.75. The van der Waals surface area contributed by atoms with Gasteiger partial charge in [-0.05, 0) is 24.3 Å². The summed E-state index contributed by atoms with van der Waals surface area (Å²) in [6.07, 6.45) is 6.31. The fourth-order valence-corrected chi connectivity index (χ4v) is 1.87. The zero-order chi connectivity index (χ0) is 14.5. The molecule has 0 bridgehead atoms. The number of pyridine rings is 1. The Kier molecular flexibility index (Phi) is 3.68. The molecule has 0 fully saturated rings. The average Bonchev–Trinajstić information content (AvgIpc) is 3.08. The maximum absolute atomic E-state index is 12.0. The van der Waals surface area contributed by atoms with Crippen molar-refractivity contribution in [1.82, 2.24) is 20.3 Å². The van der Waals surface area contributed by atoms with Crippen LogP contribution in [-0.4, -0.2) is 20.9 Å². The van der Waals surface area contributed by atoms with Gasteiger partial charge in [-0.3, -0.25) is 14.8 Å². The van der Waals surface area contributed by atoms with Crippen molar-refractivity contribution in [2.45, 2.75) is 6.54 Å². The third kappa shape index (κ3) is 2.94. The first-order chi connectivity index (χ1) is 10.3. The van der Waals surface area contributed by atoms with E-state index in [0.717, 1.165) is 0 Å². The molecule has 21 heavy (non-hydrogen) atoms. The molecule has 3 aromatic rings. The number of hydrogen-bond donors (Lipinski definition) is 1. The van der Waals surface area contributed by atoms with E-state index in [0.29, 0.717) is 22.8 Å². The predicted molar refractivity (Wildman–Crippen MR) is 75.1 cm³/mol. The van der Waals surface area contributed by atoms with Gasteiger partial charge in [0.25, 0.3) is 5.91 Å². The topological polar surface area (TPSA) is 80.9 Å². The van der Waals surface area contributed by atoms with Crippen LogP contribution in [-0.2, 0) is 6.54 Å². The number of furan rings is 1. The Hall–Kier alpha value is -3.02. The second kappa shape index (κ2) is 5.96. The van der Waals surface area contributed by atoms with E-state index in [4.69, 9.17) is 4.42 Å². The zero-order valence-electron chi connectivity index (χ0n) is 11.1. The summed E-state index contributed by atoms with van der Waals surface area (Å²) in [4.78, 5) is 24.5. The van der Waals surface area contributed by atoms with Crippen LogP contribution in [0.1, 0.15) is 16.2 Å². The van der Waals surface area contributed by atoms with E-state index in [1.807, 2.05) is 0 Å². The fraction of sp³-hybridized carbons (Fsp3) is 0.0667. The van der Waals surface area contributed by atoms with E-state index in [9.17, 15) is 4.79 Å². The van der Waals surface area contributed by atoms with Gasteiger partial charge in [-0.25, -0.2) is 4.98 Å². The van der Waals surface area contributed by atoms with Crippen molar-refractivity contribution in [2.75, 3.05) is 0 Å². The molecule has 3 rings (SSSR count). The van der Waals surface area contributed by atoms with Gasteiger partial charge in [-0.2, -0.15) is 0 Å². The molecule has 104 valence electrons. The van der Waals surface area contributed by atoms with Gasteiger partial charge in [0.1, 0.15) is 11.4 Å². The molecule has 3 heterocycles. The van der Waals surface area contributed by atoms with E-state index in [2.05, 4.69) is 20.3 Å². The molecule has 0 spiro atoms. The number of carbonyl (C=O) groups excluding carboxylic acids is 1. The van der Waals surface area contributed by atoms with Crippen LogP contribution in [0.4, 0.5) is 0 Å². The van der Waals surface area contributed by atoms with Gasteiger partial charge in [0.05, 0.1) is 18.5 Å². The molecule has 6 heteroatoms. The van der Waals surface area contributed by atoms with Crippen LogP contribution < -0.4 is 5.32 Å². The predicted octanol–water partition coefficient (Wildman–Crippen LogP) is 2.06. The van der Waals surface area contributed by atoms with E-state index < -0.39 is 0 Å². The van der Waals surface area contributed by atoms with Crippen molar-refractivity contribution in [1.29, 1.82) is 0 Å². The van der Waals surface area contributed by atoms with E-state index >= 15 is 0 Å². The molecule has 0 aliphatic heterocycles. The SMILES string of the molecule is O=C(NCc1nccnc1-c1ccco1)c1ccccn1. The van der Waals surface area contributed by atoms with Crippen LogP contribution in [0, 0.1) is 0 Å². The summed E-state index contributed by atoms with van der Waals surface area (Å²) in [6.45, 7) is 0.249. The molecular formula is C15H12N4O2. The molecule has 0 saturated heterocycles. The zero-order valence-corrected chi connectivity index (χ0v) is 11.1. The normalized spacial score (nSPS) is 10.3. The van der Waals surface area contributed by atoms with Crippen molar-refractivity contribution >= 4 is 5.91 Å². The first-order valence-corrected chi connectivity index (χ1v) is 6.37. The summed E-state index contributed by atoms with van der Waals surface area (Å²) in [5.41, 5.74) is 1.61. The lowest BCUT2D eigenvalue weighted by atomic mass is 10.2. The maximum Gasteiger partial charge on any atom is 0.270 e. The lowest BCUT2D eigenvalue weighted by Gasteiger charge is -2.07. The van der Waals surface area contributed by atoms with Gasteiger partial charge in [0.15, 0.2) is 5.76 Å². The van der Waals surface area contributed by atoms with Crippen LogP contribution in [0.2, 0.25) is 0 Å². The molecule has 0 aliphatic rings. The van der Waals surface area contributed by atoms with Gasteiger partial charge in [-0.15, -0.1) is 0 Å². The molecule has 0 unspecified atom stereocenters. The lowest BCUT2D eigenvalue weighted by Crippen LogP contribution is -2.24. The highest BCUT2D eigenvalue weighted by Gasteiger charge is 2.12. The Bertz CT molecular complexity index is 726. The van der Waals surface area contributed by atoms with E-state index in [1.165, 1.54) is 0 Å². The highest BCUT2D eigenvalue weighted by molar-refractivity contribution is 5.92. The van der Waals surface area contributed by atoms with Gasteiger partial charge < -0.3 is 9.73 Å². The highest BCUT2D eigenvalue weighted by atomic mass is 16.3. The van der Waals surface area contributed by atoms with Crippen molar-refractivity contribution in [2.24, 2.45) is 0 Å². The molecule has 0 radical (unpaired) electrons. The summed E-state index contributed by atoms with van der Waals surface area (Å²) in [5.74, 6) is 0.358. The first kappa shape index (κ1) is 13.0. The minimum Gasteiger partial charge on any atom is -0.463 e. The summed E-state index contributed by atoms with van der Waals surface area (Å²) >= 11 is 0. The third-order valence-electron chi connectivity index (χ3n) is 2.84. The minimum absolute atomic E-state index is 0.249. The van der Waals surface area contributed by atoms with Crippen LogP contribution in [0.5, 0.6) is 0 Å². The summed E-state index contributed by atoms with van der Waals surface area (Å²) < 4.78 is 5.32. The number of amides is 1. The number of aromatic nitrogens is 3. The maximum atomic E-state index is 12.0. The highest BCUT2D eigenvalue weighted by Crippen LogP contribution is 2.19. The Balaban J connectivity index is 1.76. The molecule has 0 aliphatic carbocycles. The van der Waals surface area contributed by atoms with Gasteiger partial charge in [0.2, 0.25) is 0 Å². The number of rotatable bonds is 4. The Morgan fingerprint density at radius 1 is 1.05 bits per heavy atom. The fourth-order valence-electron chi connectivity index (χ4n) is 1.87. The van der Waals surface area contributed by atoms with Crippen LogP contribution >= 0.6 is 0 Å². The van der Waals surface area contributed by atoms with Crippen LogP contribution in [0.15, 0.2) is 59.6 Å². The second-order valence-electron chi connectivity index (χ2n) is 4.23. The van der Waals surface area contributed by atoms with Crippen LogP contribution in [0.3, 0.4) is 0 Å². The van der Waals surface area contributed by atoms with Crippen LogP contribution in [0.25, 0.3) is 11.5 Å². The monoisotopic (exact) mass is 280 g/mol. The molecule has 1 amide bonds. The number of hydrogen-bond acceptors (Lipinski definition) is 5. The lowest BCUT2D eigenvalue weighted by molar-refractivity contribution is 0.0945. The third-order valence-corrected chi connectivity index (χ3v) is 2.84. The molecule has 0 atom stereocenters. The standard InChI is InChI=1S/C15H12N4O2/c20-15(11-4-1-2-6-16-11)19-10-12-14(18-8-7-17-12)13-5-3-9-21-13/h1-9H,10H2,(H,19,20). The minimum atomic E-state index is -0.258. The number of nitrogens with one attached hydrogen (secondary N) is 1. The second-order valence-corrected chi connectivity index (χ2v) is 4.23. The number of nitrogens with zero attached hydrogens (tertiary/aromatic N) is 3. The first-order valence-electron chi connectivity index (χ1n) is 6.37. The Labute approximate surface area is 120 Å². The van der Waals surface area contributed by atoms with Crippen molar-refractivity contribution < 1.29 is 9.21 Å². The van der Waals surface area contributed by atoms with E-state index in [-0.39, 0.29) is 12.5 Å². The molecule has 0 saturated carbocycles.